The highest BCUT2D eigenvalue weighted by Gasteiger charge is 2.24. The molecule has 0 aliphatic carbocycles. The third-order valence-electron chi connectivity index (χ3n) is 4.23. The van der Waals surface area contributed by atoms with Crippen molar-refractivity contribution < 1.29 is 13.0 Å². The second kappa shape index (κ2) is 5.97. The summed E-state index contributed by atoms with van der Waals surface area (Å²) in [5, 5.41) is 10.7. The Kier molecular flexibility index (Phi) is 3.79. The molecular formula is C16H16N4O3S. The van der Waals surface area contributed by atoms with Crippen molar-refractivity contribution in [2.75, 3.05) is 13.1 Å². The molecule has 0 spiro atoms. The van der Waals surface area contributed by atoms with E-state index in [2.05, 4.69) is 31.0 Å². The van der Waals surface area contributed by atoms with Crippen molar-refractivity contribution in [1.29, 1.82) is 0 Å². The van der Waals surface area contributed by atoms with Gasteiger partial charge in [-0.05, 0) is 46.5 Å². The molecule has 124 valence electrons. The largest absolute Gasteiger partial charge is 0.308 e. The summed E-state index contributed by atoms with van der Waals surface area (Å²) in [6.07, 6.45) is 0.948. The van der Waals surface area contributed by atoms with Crippen molar-refractivity contribution in [3.63, 3.8) is 0 Å². The van der Waals surface area contributed by atoms with Gasteiger partial charge in [-0.15, -0.1) is 0 Å². The molecule has 0 saturated carbocycles. The van der Waals surface area contributed by atoms with Crippen molar-refractivity contribution >= 4 is 21.1 Å². The van der Waals surface area contributed by atoms with Crippen LogP contribution in [0.2, 0.25) is 0 Å². The average molecular weight is 344 g/mol. The third-order valence-corrected chi connectivity index (χ3v) is 5.69. The van der Waals surface area contributed by atoms with Gasteiger partial charge < -0.3 is 5.32 Å². The number of sulfonamides is 1. The van der Waals surface area contributed by atoms with Crippen LogP contribution in [0.15, 0.2) is 52.0 Å². The summed E-state index contributed by atoms with van der Waals surface area (Å²) in [7, 11) is -3.71. The summed E-state index contributed by atoms with van der Waals surface area (Å²) < 4.78 is 32.6. The van der Waals surface area contributed by atoms with Crippen LogP contribution in [0.25, 0.3) is 11.0 Å². The second-order valence-corrected chi connectivity index (χ2v) is 7.43. The van der Waals surface area contributed by atoms with Crippen LogP contribution in [0.4, 0.5) is 0 Å². The first kappa shape index (κ1) is 15.3. The highest BCUT2D eigenvalue weighted by atomic mass is 32.2. The first-order valence-electron chi connectivity index (χ1n) is 7.67. The number of hydrogen-bond donors (Lipinski definition) is 2. The zero-order chi connectivity index (χ0) is 16.6. The molecule has 1 aromatic heterocycles. The summed E-state index contributed by atoms with van der Waals surface area (Å²) in [4.78, 5) is 0.0744. The lowest BCUT2D eigenvalue weighted by atomic mass is 9.95. The Morgan fingerprint density at radius 2 is 2.04 bits per heavy atom. The first-order chi connectivity index (χ1) is 11.6. The van der Waals surface area contributed by atoms with E-state index in [0.29, 0.717) is 5.52 Å². The molecule has 7 nitrogen and oxygen atoms in total. The SMILES string of the molecule is O=S(=O)(NCC1NCCc2ccccc21)c1cccc2nonc12. The van der Waals surface area contributed by atoms with E-state index in [4.69, 9.17) is 0 Å². The zero-order valence-corrected chi connectivity index (χ0v) is 13.6. The average Bonchev–Trinajstić information content (AvgIpc) is 3.08. The minimum Gasteiger partial charge on any atom is -0.308 e. The lowest BCUT2D eigenvalue weighted by Crippen LogP contribution is -2.38. The van der Waals surface area contributed by atoms with Gasteiger partial charge in [-0.3, -0.25) is 0 Å². The molecule has 4 rings (SSSR count). The monoisotopic (exact) mass is 344 g/mol. The summed E-state index contributed by atoms with van der Waals surface area (Å²) in [6, 6.07) is 12.8. The molecule has 0 saturated heterocycles. The molecule has 1 unspecified atom stereocenters. The van der Waals surface area contributed by atoms with Gasteiger partial charge in [0.15, 0.2) is 5.52 Å². The molecule has 1 atom stereocenters. The molecule has 0 amide bonds. The van der Waals surface area contributed by atoms with E-state index in [1.54, 1.807) is 12.1 Å². The van der Waals surface area contributed by atoms with Gasteiger partial charge in [-0.1, -0.05) is 30.3 Å². The molecule has 24 heavy (non-hydrogen) atoms. The zero-order valence-electron chi connectivity index (χ0n) is 12.8. The van der Waals surface area contributed by atoms with Gasteiger partial charge >= 0.3 is 0 Å². The van der Waals surface area contributed by atoms with E-state index >= 15 is 0 Å². The molecule has 2 aromatic carbocycles. The van der Waals surface area contributed by atoms with Crippen molar-refractivity contribution in [2.24, 2.45) is 0 Å². The lowest BCUT2D eigenvalue weighted by Gasteiger charge is -2.27. The molecule has 8 heteroatoms. The van der Waals surface area contributed by atoms with Gasteiger partial charge in [0.25, 0.3) is 0 Å². The standard InChI is InChI=1S/C16H16N4O3S/c21-24(22,15-7-3-6-13-16(15)20-23-19-13)18-10-14-12-5-2-1-4-11(12)8-9-17-14/h1-7,14,17-18H,8-10H2. The van der Waals surface area contributed by atoms with E-state index in [-0.39, 0.29) is 23.0 Å². The molecular weight excluding hydrogens is 328 g/mol. The Morgan fingerprint density at radius 1 is 1.17 bits per heavy atom. The van der Waals surface area contributed by atoms with E-state index in [9.17, 15) is 8.42 Å². The number of hydrogen-bond acceptors (Lipinski definition) is 6. The van der Waals surface area contributed by atoms with Crippen LogP contribution >= 0.6 is 0 Å². The summed E-state index contributed by atoms with van der Waals surface area (Å²) in [5.41, 5.74) is 3.04. The number of benzene rings is 2. The topological polar surface area (TPSA) is 97.1 Å². The Bertz CT molecular complexity index is 984. The highest BCUT2D eigenvalue weighted by Crippen LogP contribution is 2.23. The molecule has 0 radical (unpaired) electrons. The number of fused-ring (bicyclic) bond motifs is 2. The van der Waals surface area contributed by atoms with E-state index < -0.39 is 10.0 Å². The maximum Gasteiger partial charge on any atom is 0.242 e. The number of nitrogens with one attached hydrogen (secondary N) is 2. The molecule has 3 aromatic rings. The van der Waals surface area contributed by atoms with Crippen LogP contribution in [0.5, 0.6) is 0 Å². The fourth-order valence-corrected chi connectivity index (χ4v) is 4.24. The Labute approximate surface area is 139 Å². The van der Waals surface area contributed by atoms with Gasteiger partial charge in [0.2, 0.25) is 10.0 Å². The smallest absolute Gasteiger partial charge is 0.242 e. The van der Waals surface area contributed by atoms with Crippen LogP contribution in [0, 0.1) is 0 Å². The second-order valence-electron chi connectivity index (χ2n) is 5.70. The fourth-order valence-electron chi connectivity index (χ4n) is 3.04. The minimum atomic E-state index is -3.71. The minimum absolute atomic E-state index is 0.0561. The Morgan fingerprint density at radius 3 is 2.96 bits per heavy atom. The number of nitrogens with zero attached hydrogens (tertiary/aromatic N) is 2. The Balaban J connectivity index is 1.59. The van der Waals surface area contributed by atoms with Crippen LogP contribution < -0.4 is 10.0 Å². The maximum absolute atomic E-state index is 12.7. The van der Waals surface area contributed by atoms with Gasteiger partial charge in [0, 0.05) is 12.6 Å². The molecule has 2 N–H and O–H groups in total. The normalized spacial score (nSPS) is 17.8. The molecule has 0 bridgehead atoms. The predicted octanol–water partition coefficient (Wildman–Crippen LogP) is 1.39. The molecule has 1 aliphatic rings. The Hall–Kier alpha value is -2.29. The van der Waals surface area contributed by atoms with E-state index in [0.717, 1.165) is 18.5 Å². The van der Waals surface area contributed by atoms with Gasteiger partial charge in [0.05, 0.1) is 0 Å². The van der Waals surface area contributed by atoms with Crippen molar-refractivity contribution in [3.05, 3.63) is 53.6 Å². The van der Waals surface area contributed by atoms with Crippen molar-refractivity contribution in [2.45, 2.75) is 17.4 Å². The van der Waals surface area contributed by atoms with Crippen LogP contribution in [-0.2, 0) is 16.4 Å². The van der Waals surface area contributed by atoms with Crippen molar-refractivity contribution in [3.8, 4) is 0 Å². The lowest BCUT2D eigenvalue weighted by molar-refractivity contribution is 0.315. The van der Waals surface area contributed by atoms with E-state index in [1.807, 2.05) is 18.2 Å². The van der Waals surface area contributed by atoms with Crippen LogP contribution in [0.1, 0.15) is 17.2 Å². The molecule has 2 heterocycles. The van der Waals surface area contributed by atoms with Gasteiger partial charge in [-0.2, -0.15) is 0 Å². The summed E-state index contributed by atoms with van der Waals surface area (Å²) in [6.45, 7) is 1.09. The number of rotatable bonds is 4. The van der Waals surface area contributed by atoms with Crippen LogP contribution in [-0.4, -0.2) is 31.8 Å². The quantitative estimate of drug-likeness (QED) is 0.742. The predicted molar refractivity (Wildman–Crippen MR) is 87.9 cm³/mol. The molecule has 1 aliphatic heterocycles. The van der Waals surface area contributed by atoms with Gasteiger partial charge in [0.1, 0.15) is 10.4 Å². The van der Waals surface area contributed by atoms with Gasteiger partial charge in [-0.25, -0.2) is 17.8 Å². The third kappa shape index (κ3) is 2.68. The number of aromatic nitrogens is 2. The fraction of sp³-hybridized carbons (Fsp3) is 0.250. The first-order valence-corrected chi connectivity index (χ1v) is 9.15. The highest BCUT2D eigenvalue weighted by molar-refractivity contribution is 7.89. The summed E-state index contributed by atoms with van der Waals surface area (Å²) >= 11 is 0. The van der Waals surface area contributed by atoms with Crippen molar-refractivity contribution in [1.82, 2.24) is 20.4 Å². The van der Waals surface area contributed by atoms with Crippen LogP contribution in [0.3, 0.4) is 0 Å². The maximum atomic E-state index is 12.7. The molecule has 0 fully saturated rings. The van der Waals surface area contributed by atoms with E-state index in [1.165, 1.54) is 11.6 Å². The summed E-state index contributed by atoms with van der Waals surface area (Å²) in [5.74, 6) is 0.